The molecule has 0 aliphatic heterocycles. The van der Waals surface area contributed by atoms with E-state index in [1.54, 1.807) is 4.90 Å². The maximum Gasteiger partial charge on any atom is 0.253 e. The van der Waals surface area contributed by atoms with Crippen molar-refractivity contribution in [3.63, 3.8) is 0 Å². The highest BCUT2D eigenvalue weighted by atomic mass is 79.9. The Balaban J connectivity index is 2.29. The van der Waals surface area contributed by atoms with Crippen LogP contribution in [-0.4, -0.2) is 24.4 Å². The molecule has 2 aromatic carbocycles. The molecule has 0 unspecified atom stereocenters. The average Bonchev–Trinajstić information content (AvgIpc) is 2.35. The summed E-state index contributed by atoms with van der Waals surface area (Å²) in [5.41, 5.74) is 0.845. The van der Waals surface area contributed by atoms with Gasteiger partial charge in [0.25, 0.3) is 5.91 Å². The number of fused-ring (bicyclic) bond motifs is 1. The highest BCUT2D eigenvalue weighted by Crippen LogP contribution is 2.22. The van der Waals surface area contributed by atoms with Crippen LogP contribution >= 0.6 is 15.9 Å². The Morgan fingerprint density at radius 2 is 1.70 bits per heavy atom. The van der Waals surface area contributed by atoms with Gasteiger partial charge in [-0.15, -0.1) is 0 Å². The van der Waals surface area contributed by atoms with Crippen molar-refractivity contribution in [3.05, 3.63) is 46.4 Å². The molecule has 0 N–H and O–H groups in total. The molecule has 20 heavy (non-hydrogen) atoms. The minimum absolute atomic E-state index is 0.0738. The molecule has 0 bridgehead atoms. The van der Waals surface area contributed by atoms with E-state index >= 15 is 0 Å². The molecule has 2 nitrogen and oxygen atoms in total. The summed E-state index contributed by atoms with van der Waals surface area (Å²) in [4.78, 5) is 14.2. The smallest absolute Gasteiger partial charge is 0.253 e. The third-order valence-electron chi connectivity index (χ3n) is 3.11. The molecule has 0 atom stereocenters. The van der Waals surface area contributed by atoms with E-state index in [-0.39, 0.29) is 11.3 Å². The van der Waals surface area contributed by atoms with E-state index in [2.05, 4.69) is 42.8 Å². The number of halogens is 1. The third-order valence-corrected chi connectivity index (χ3v) is 3.60. The van der Waals surface area contributed by atoms with Crippen LogP contribution in [0, 0.1) is 5.41 Å². The first-order chi connectivity index (χ1) is 9.26. The van der Waals surface area contributed by atoms with E-state index in [1.807, 2.05) is 37.4 Å². The molecule has 0 spiro atoms. The summed E-state index contributed by atoms with van der Waals surface area (Å²) in [5.74, 6) is 0.0738. The van der Waals surface area contributed by atoms with Crippen LogP contribution in [0.1, 0.15) is 31.1 Å². The monoisotopic (exact) mass is 333 g/mol. The van der Waals surface area contributed by atoms with Crippen molar-refractivity contribution in [1.82, 2.24) is 4.90 Å². The molecular formula is C17H20BrNO. The highest BCUT2D eigenvalue weighted by Gasteiger charge is 2.18. The Morgan fingerprint density at radius 1 is 1.10 bits per heavy atom. The van der Waals surface area contributed by atoms with Gasteiger partial charge in [-0.3, -0.25) is 4.79 Å². The number of rotatable bonds is 2. The van der Waals surface area contributed by atoms with Gasteiger partial charge in [-0.2, -0.15) is 0 Å². The van der Waals surface area contributed by atoms with Crippen LogP contribution in [0.4, 0.5) is 0 Å². The number of hydrogen-bond acceptors (Lipinski definition) is 1. The number of benzene rings is 2. The lowest BCUT2D eigenvalue weighted by Crippen LogP contribution is -2.34. The van der Waals surface area contributed by atoms with Gasteiger partial charge in [-0.05, 0) is 40.5 Å². The van der Waals surface area contributed by atoms with Crippen molar-refractivity contribution in [2.75, 3.05) is 13.6 Å². The molecule has 3 heteroatoms. The first kappa shape index (κ1) is 15.0. The highest BCUT2D eigenvalue weighted by molar-refractivity contribution is 9.10. The molecule has 0 heterocycles. The fourth-order valence-electron chi connectivity index (χ4n) is 2.35. The summed E-state index contributed by atoms with van der Waals surface area (Å²) in [6, 6.07) is 11.9. The second kappa shape index (κ2) is 5.57. The first-order valence-corrected chi connectivity index (χ1v) is 7.50. The van der Waals surface area contributed by atoms with E-state index in [0.717, 1.165) is 27.4 Å². The fraction of sp³-hybridized carbons (Fsp3) is 0.353. The molecule has 0 fully saturated rings. The Hall–Kier alpha value is -1.35. The lowest BCUT2D eigenvalue weighted by atomic mass is 9.96. The van der Waals surface area contributed by atoms with Crippen LogP contribution in [0.2, 0.25) is 0 Å². The van der Waals surface area contributed by atoms with Gasteiger partial charge in [0.2, 0.25) is 0 Å². The van der Waals surface area contributed by atoms with Crippen LogP contribution in [0.25, 0.3) is 10.8 Å². The minimum Gasteiger partial charge on any atom is -0.341 e. The molecule has 0 aliphatic rings. The van der Waals surface area contributed by atoms with E-state index < -0.39 is 0 Å². The van der Waals surface area contributed by atoms with Gasteiger partial charge < -0.3 is 4.90 Å². The Morgan fingerprint density at radius 3 is 2.35 bits per heavy atom. The topological polar surface area (TPSA) is 20.3 Å². The first-order valence-electron chi connectivity index (χ1n) is 6.71. The van der Waals surface area contributed by atoms with Crippen molar-refractivity contribution in [2.24, 2.45) is 5.41 Å². The molecule has 106 valence electrons. The fourth-order valence-corrected chi connectivity index (χ4v) is 2.73. The standard InChI is InChI=1S/C17H20BrNO/c1-17(2,3)11-19(4)16(20)14-6-5-13-10-15(18)8-7-12(13)9-14/h5-10H,11H2,1-4H3. The predicted molar refractivity (Wildman–Crippen MR) is 88.1 cm³/mol. The number of nitrogens with zero attached hydrogens (tertiary/aromatic N) is 1. The van der Waals surface area contributed by atoms with Crippen LogP contribution in [0.3, 0.4) is 0 Å². The van der Waals surface area contributed by atoms with Crippen molar-refractivity contribution in [2.45, 2.75) is 20.8 Å². The Labute approximate surface area is 128 Å². The molecule has 0 radical (unpaired) electrons. The second-order valence-electron chi connectivity index (χ2n) is 6.43. The second-order valence-corrected chi connectivity index (χ2v) is 7.34. The summed E-state index contributed by atoms with van der Waals surface area (Å²) in [7, 11) is 1.86. The maximum atomic E-state index is 12.4. The largest absolute Gasteiger partial charge is 0.341 e. The zero-order valence-corrected chi connectivity index (χ0v) is 14.0. The van der Waals surface area contributed by atoms with Gasteiger partial charge in [0.1, 0.15) is 0 Å². The van der Waals surface area contributed by atoms with Gasteiger partial charge in [0, 0.05) is 23.6 Å². The van der Waals surface area contributed by atoms with Crippen molar-refractivity contribution < 1.29 is 4.79 Å². The minimum atomic E-state index is 0.0738. The predicted octanol–water partition coefficient (Wildman–Crippen LogP) is 4.72. The van der Waals surface area contributed by atoms with Gasteiger partial charge >= 0.3 is 0 Å². The molecule has 0 saturated carbocycles. The van der Waals surface area contributed by atoms with E-state index in [9.17, 15) is 4.79 Å². The van der Waals surface area contributed by atoms with Gasteiger partial charge in [-0.25, -0.2) is 0 Å². The molecule has 2 aromatic rings. The molecule has 0 saturated heterocycles. The third kappa shape index (κ3) is 3.60. The summed E-state index contributed by atoms with van der Waals surface area (Å²) in [6.45, 7) is 7.14. The summed E-state index contributed by atoms with van der Waals surface area (Å²) in [6.07, 6.45) is 0. The van der Waals surface area contributed by atoms with E-state index in [1.165, 1.54) is 0 Å². The molecular weight excluding hydrogens is 314 g/mol. The lowest BCUT2D eigenvalue weighted by Gasteiger charge is -2.26. The number of amides is 1. The number of hydrogen-bond donors (Lipinski definition) is 0. The zero-order chi connectivity index (χ0) is 14.9. The van der Waals surface area contributed by atoms with Crippen molar-refractivity contribution in [1.29, 1.82) is 0 Å². The summed E-state index contributed by atoms with van der Waals surface area (Å²) < 4.78 is 1.05. The number of carbonyl (C=O) groups excluding carboxylic acids is 1. The molecule has 1 amide bonds. The number of carbonyl (C=O) groups is 1. The average molecular weight is 334 g/mol. The van der Waals surface area contributed by atoms with Crippen LogP contribution in [-0.2, 0) is 0 Å². The van der Waals surface area contributed by atoms with Crippen LogP contribution in [0.15, 0.2) is 40.9 Å². The van der Waals surface area contributed by atoms with Crippen LogP contribution in [0.5, 0.6) is 0 Å². The normalized spacial score (nSPS) is 11.7. The zero-order valence-electron chi connectivity index (χ0n) is 12.4. The summed E-state index contributed by atoms with van der Waals surface area (Å²) in [5, 5.41) is 2.22. The molecule has 0 aromatic heterocycles. The Bertz CT molecular complexity index is 643. The van der Waals surface area contributed by atoms with Crippen molar-refractivity contribution >= 4 is 32.6 Å². The maximum absolute atomic E-state index is 12.4. The molecule has 2 rings (SSSR count). The molecule has 0 aliphatic carbocycles. The quantitative estimate of drug-likeness (QED) is 0.778. The van der Waals surface area contributed by atoms with Gasteiger partial charge in [-0.1, -0.05) is 48.8 Å². The Kier molecular flexibility index (Phi) is 4.19. The van der Waals surface area contributed by atoms with Crippen molar-refractivity contribution in [3.8, 4) is 0 Å². The SMILES string of the molecule is CN(CC(C)(C)C)C(=O)c1ccc2cc(Br)ccc2c1. The summed E-state index contributed by atoms with van der Waals surface area (Å²) >= 11 is 3.46. The lowest BCUT2D eigenvalue weighted by molar-refractivity contribution is 0.0746. The van der Waals surface area contributed by atoms with Gasteiger partial charge in [0.15, 0.2) is 0 Å². The van der Waals surface area contributed by atoms with E-state index in [0.29, 0.717) is 0 Å². The van der Waals surface area contributed by atoms with E-state index in [4.69, 9.17) is 0 Å². The van der Waals surface area contributed by atoms with Gasteiger partial charge in [0.05, 0.1) is 0 Å². The van der Waals surface area contributed by atoms with Crippen LogP contribution < -0.4 is 0 Å².